The summed E-state index contributed by atoms with van der Waals surface area (Å²) in [6.07, 6.45) is 4.52. The number of methoxy groups -OCH3 is 2. The molecule has 1 saturated heterocycles. The van der Waals surface area contributed by atoms with Crippen molar-refractivity contribution < 1.29 is 14.2 Å². The normalized spacial score (nSPS) is 16.1. The predicted molar refractivity (Wildman–Crippen MR) is 132 cm³/mol. The van der Waals surface area contributed by atoms with Gasteiger partial charge >= 0.3 is 0 Å². The van der Waals surface area contributed by atoms with Crippen LogP contribution in [0.5, 0.6) is 23.1 Å². The lowest BCUT2D eigenvalue weighted by atomic mass is 10.1. The number of anilines is 1. The summed E-state index contributed by atoms with van der Waals surface area (Å²) in [5, 5.41) is 0. The molecule has 0 unspecified atom stereocenters. The second-order valence-electron chi connectivity index (χ2n) is 8.89. The summed E-state index contributed by atoms with van der Waals surface area (Å²) in [5.41, 5.74) is 3.40. The van der Waals surface area contributed by atoms with Crippen molar-refractivity contribution in [3.63, 3.8) is 0 Å². The molecule has 7 nitrogen and oxygen atoms in total. The van der Waals surface area contributed by atoms with Crippen LogP contribution in [0.25, 0.3) is 0 Å². The van der Waals surface area contributed by atoms with Crippen molar-refractivity contribution in [1.29, 1.82) is 0 Å². The fourth-order valence-electron chi connectivity index (χ4n) is 4.67. The number of nitrogens with zero attached hydrogens (tertiary/aromatic N) is 4. The van der Waals surface area contributed by atoms with E-state index in [0.29, 0.717) is 5.88 Å². The molecule has 178 valence electrons. The molecule has 3 heterocycles. The first kappa shape index (κ1) is 22.5. The molecule has 0 aliphatic carbocycles. The number of hydrogen-bond acceptors (Lipinski definition) is 7. The molecule has 0 saturated carbocycles. The number of piperidine rings is 1. The van der Waals surface area contributed by atoms with E-state index >= 15 is 0 Å². The Morgan fingerprint density at radius 2 is 1.59 bits per heavy atom. The van der Waals surface area contributed by atoms with Crippen molar-refractivity contribution in [2.24, 2.45) is 0 Å². The zero-order valence-electron chi connectivity index (χ0n) is 20.0. The molecule has 0 radical (unpaired) electrons. The van der Waals surface area contributed by atoms with Gasteiger partial charge in [0.2, 0.25) is 11.8 Å². The van der Waals surface area contributed by atoms with Crippen molar-refractivity contribution in [3.05, 3.63) is 65.4 Å². The molecular formula is C27H32N4O3. The fourth-order valence-corrected chi connectivity index (χ4v) is 4.67. The number of rotatable bonds is 7. The second-order valence-corrected chi connectivity index (χ2v) is 8.89. The van der Waals surface area contributed by atoms with Crippen molar-refractivity contribution in [3.8, 4) is 23.1 Å². The van der Waals surface area contributed by atoms with Gasteiger partial charge in [-0.1, -0.05) is 12.1 Å². The molecule has 2 aromatic carbocycles. The van der Waals surface area contributed by atoms with Crippen LogP contribution >= 0.6 is 0 Å². The SMILES string of the molecule is COc1ccc(Oc2nc(N3CCCCC3)nc3c2CN(Cc2cccc(OC)c2)CC3)cc1. The highest BCUT2D eigenvalue weighted by atomic mass is 16.5. The summed E-state index contributed by atoms with van der Waals surface area (Å²) in [5.74, 6) is 3.88. The monoisotopic (exact) mass is 460 g/mol. The molecule has 1 fully saturated rings. The van der Waals surface area contributed by atoms with E-state index in [9.17, 15) is 0 Å². The molecule has 0 N–H and O–H groups in total. The first-order valence-electron chi connectivity index (χ1n) is 12.0. The van der Waals surface area contributed by atoms with Crippen LogP contribution in [-0.4, -0.2) is 48.7 Å². The van der Waals surface area contributed by atoms with Crippen LogP contribution in [0.1, 0.15) is 36.1 Å². The van der Waals surface area contributed by atoms with Gasteiger partial charge in [0.25, 0.3) is 0 Å². The summed E-state index contributed by atoms with van der Waals surface area (Å²) in [7, 11) is 3.37. The molecule has 0 atom stereocenters. The number of benzene rings is 2. The zero-order valence-corrected chi connectivity index (χ0v) is 20.0. The summed E-state index contributed by atoms with van der Waals surface area (Å²) >= 11 is 0. The van der Waals surface area contributed by atoms with Crippen LogP contribution < -0.4 is 19.1 Å². The van der Waals surface area contributed by atoms with Crippen molar-refractivity contribution >= 4 is 5.95 Å². The zero-order chi connectivity index (χ0) is 23.3. The number of ether oxygens (including phenoxy) is 3. The second kappa shape index (κ2) is 10.3. The van der Waals surface area contributed by atoms with E-state index in [1.165, 1.54) is 24.8 Å². The van der Waals surface area contributed by atoms with Gasteiger partial charge < -0.3 is 19.1 Å². The lowest BCUT2D eigenvalue weighted by Crippen LogP contribution is -2.34. The van der Waals surface area contributed by atoms with Crippen LogP contribution in [0.4, 0.5) is 5.95 Å². The van der Waals surface area contributed by atoms with E-state index < -0.39 is 0 Å². The van der Waals surface area contributed by atoms with Gasteiger partial charge in [0.15, 0.2) is 0 Å². The van der Waals surface area contributed by atoms with Crippen molar-refractivity contribution in [2.75, 3.05) is 38.8 Å². The van der Waals surface area contributed by atoms with Gasteiger partial charge in [-0.05, 0) is 61.2 Å². The third-order valence-corrected chi connectivity index (χ3v) is 6.54. The Labute approximate surface area is 201 Å². The van der Waals surface area contributed by atoms with Crippen LogP contribution in [0.3, 0.4) is 0 Å². The van der Waals surface area contributed by atoms with Crippen molar-refractivity contribution in [1.82, 2.24) is 14.9 Å². The molecule has 1 aromatic heterocycles. The predicted octanol–water partition coefficient (Wildman–Crippen LogP) is 4.83. The van der Waals surface area contributed by atoms with E-state index in [0.717, 1.165) is 73.6 Å². The highest BCUT2D eigenvalue weighted by Gasteiger charge is 2.26. The van der Waals surface area contributed by atoms with Gasteiger partial charge in [-0.2, -0.15) is 4.98 Å². The van der Waals surface area contributed by atoms with Crippen LogP contribution in [0.15, 0.2) is 48.5 Å². The van der Waals surface area contributed by atoms with E-state index in [4.69, 9.17) is 24.2 Å². The maximum absolute atomic E-state index is 6.36. The number of aromatic nitrogens is 2. The summed E-state index contributed by atoms with van der Waals surface area (Å²) < 4.78 is 17.1. The average Bonchev–Trinajstić information content (AvgIpc) is 2.90. The molecule has 2 aliphatic heterocycles. The summed E-state index contributed by atoms with van der Waals surface area (Å²) in [6.45, 7) is 4.54. The molecule has 0 amide bonds. The molecule has 34 heavy (non-hydrogen) atoms. The minimum Gasteiger partial charge on any atom is -0.497 e. The minimum atomic E-state index is 0.658. The Hall–Kier alpha value is -3.32. The van der Waals surface area contributed by atoms with Crippen LogP contribution in [0.2, 0.25) is 0 Å². The van der Waals surface area contributed by atoms with Crippen molar-refractivity contribution in [2.45, 2.75) is 38.8 Å². The maximum Gasteiger partial charge on any atom is 0.228 e. The standard InChI is InChI=1S/C27H32N4O3/c1-32-21-9-11-22(12-10-21)34-26-24-19-30(18-20-7-6-8-23(17-20)33-2)16-13-25(24)28-27(29-26)31-14-4-3-5-15-31/h6-12,17H,3-5,13-16,18-19H2,1-2H3. The third-order valence-electron chi connectivity index (χ3n) is 6.54. The smallest absolute Gasteiger partial charge is 0.228 e. The minimum absolute atomic E-state index is 0.658. The third kappa shape index (κ3) is 5.09. The quantitative estimate of drug-likeness (QED) is 0.500. The largest absolute Gasteiger partial charge is 0.497 e. The molecule has 3 aromatic rings. The van der Waals surface area contributed by atoms with Crippen LogP contribution in [-0.2, 0) is 19.5 Å². The topological polar surface area (TPSA) is 60.0 Å². The molecule has 2 aliphatic rings. The Bertz CT molecular complexity index is 1110. The Morgan fingerprint density at radius 3 is 2.35 bits per heavy atom. The van der Waals surface area contributed by atoms with Gasteiger partial charge in [-0.15, -0.1) is 0 Å². The first-order chi connectivity index (χ1) is 16.7. The Morgan fingerprint density at radius 1 is 0.824 bits per heavy atom. The molecule has 0 spiro atoms. The van der Waals surface area contributed by atoms with E-state index in [1.54, 1.807) is 14.2 Å². The van der Waals surface area contributed by atoms with Gasteiger partial charge in [0.05, 0.1) is 25.5 Å². The average molecular weight is 461 g/mol. The fraction of sp³-hybridized carbons (Fsp3) is 0.407. The highest BCUT2D eigenvalue weighted by Crippen LogP contribution is 2.33. The summed E-state index contributed by atoms with van der Waals surface area (Å²) in [6, 6.07) is 15.9. The summed E-state index contributed by atoms with van der Waals surface area (Å²) in [4.78, 5) is 14.7. The maximum atomic E-state index is 6.36. The molecule has 5 rings (SSSR count). The lowest BCUT2D eigenvalue weighted by Gasteiger charge is -2.32. The van der Waals surface area contributed by atoms with Gasteiger partial charge in [-0.3, -0.25) is 4.90 Å². The molecule has 0 bridgehead atoms. The molecule has 7 heteroatoms. The Balaban J connectivity index is 1.43. The Kier molecular flexibility index (Phi) is 6.81. The molecular weight excluding hydrogens is 428 g/mol. The lowest BCUT2D eigenvalue weighted by molar-refractivity contribution is 0.238. The van der Waals surface area contributed by atoms with Gasteiger partial charge in [-0.25, -0.2) is 4.98 Å². The van der Waals surface area contributed by atoms with E-state index in [1.807, 2.05) is 36.4 Å². The van der Waals surface area contributed by atoms with E-state index in [-0.39, 0.29) is 0 Å². The number of hydrogen-bond donors (Lipinski definition) is 0. The van der Waals surface area contributed by atoms with Crippen LogP contribution in [0, 0.1) is 0 Å². The van der Waals surface area contributed by atoms with Gasteiger partial charge in [0.1, 0.15) is 17.2 Å². The van der Waals surface area contributed by atoms with Gasteiger partial charge in [0, 0.05) is 39.1 Å². The number of fused-ring (bicyclic) bond motifs is 1. The first-order valence-corrected chi connectivity index (χ1v) is 12.0. The highest BCUT2D eigenvalue weighted by molar-refractivity contribution is 5.44. The van der Waals surface area contributed by atoms with E-state index in [2.05, 4.69) is 21.9 Å².